The number of hydrogen-bond donors (Lipinski definition) is 2. The summed E-state index contributed by atoms with van der Waals surface area (Å²) in [6.07, 6.45) is 0.983. The number of hydrogen-bond acceptors (Lipinski definition) is 4. The molecule has 1 aromatic heterocycles. The molecule has 0 spiro atoms. The largest absolute Gasteiger partial charge is 0.481 e. The molecular weight excluding hydrogens is 355 g/mol. The van der Waals surface area contributed by atoms with Crippen LogP contribution in [0.25, 0.3) is 0 Å². The van der Waals surface area contributed by atoms with Crippen LogP contribution in [0, 0.1) is 0 Å². The van der Waals surface area contributed by atoms with Gasteiger partial charge in [0, 0.05) is 11.2 Å². The number of rotatable bonds is 6. The minimum atomic E-state index is -1.06. The number of benzene rings is 1. The highest BCUT2D eigenvalue weighted by atomic mass is 35.5. The summed E-state index contributed by atoms with van der Waals surface area (Å²) in [5, 5.41) is 12.3. The number of carbonyl (C=O) groups excluding carboxylic acids is 1. The van der Waals surface area contributed by atoms with Gasteiger partial charge in [0.1, 0.15) is 5.02 Å². The van der Waals surface area contributed by atoms with Crippen LogP contribution in [0.1, 0.15) is 28.4 Å². The fourth-order valence-corrected chi connectivity index (χ4v) is 2.62. The summed E-state index contributed by atoms with van der Waals surface area (Å²) in [4.78, 5) is 27.4. The summed E-state index contributed by atoms with van der Waals surface area (Å²) >= 11 is 12.1. The van der Waals surface area contributed by atoms with Crippen LogP contribution in [0.2, 0.25) is 10.0 Å². The third kappa shape index (κ3) is 4.37. The van der Waals surface area contributed by atoms with E-state index in [1.165, 1.54) is 19.4 Å². The summed E-state index contributed by atoms with van der Waals surface area (Å²) in [6, 6.07) is 7.34. The summed E-state index contributed by atoms with van der Waals surface area (Å²) < 4.78 is 4.93. The Morgan fingerprint density at radius 1 is 1.29 bits per heavy atom. The van der Waals surface area contributed by atoms with Gasteiger partial charge < -0.3 is 15.2 Å². The van der Waals surface area contributed by atoms with Crippen molar-refractivity contribution in [3.8, 4) is 5.88 Å². The molecule has 1 unspecified atom stereocenters. The number of halogens is 2. The van der Waals surface area contributed by atoms with Gasteiger partial charge in [-0.25, -0.2) is 4.98 Å². The van der Waals surface area contributed by atoms with Gasteiger partial charge in [0.05, 0.1) is 25.1 Å². The van der Waals surface area contributed by atoms with Gasteiger partial charge in [-0.2, -0.15) is 0 Å². The summed E-state index contributed by atoms with van der Waals surface area (Å²) in [5.41, 5.74) is 0.700. The minimum Gasteiger partial charge on any atom is -0.481 e. The number of aliphatic carboxylic acids is 1. The Morgan fingerprint density at radius 3 is 2.58 bits per heavy atom. The first-order chi connectivity index (χ1) is 11.4. The molecule has 0 saturated heterocycles. The van der Waals surface area contributed by atoms with Crippen molar-refractivity contribution in [2.45, 2.75) is 12.5 Å². The highest BCUT2D eigenvalue weighted by Crippen LogP contribution is 2.26. The van der Waals surface area contributed by atoms with Crippen molar-refractivity contribution in [1.82, 2.24) is 10.3 Å². The maximum atomic E-state index is 12.4. The van der Waals surface area contributed by atoms with Crippen LogP contribution in [0.4, 0.5) is 0 Å². The number of nitrogens with one attached hydrogen (secondary N) is 1. The van der Waals surface area contributed by atoms with Gasteiger partial charge >= 0.3 is 5.97 Å². The molecule has 0 aliphatic rings. The Hall–Kier alpha value is -2.31. The van der Waals surface area contributed by atoms with Crippen molar-refractivity contribution in [1.29, 1.82) is 0 Å². The van der Waals surface area contributed by atoms with Gasteiger partial charge in [0.2, 0.25) is 5.88 Å². The Balaban J connectivity index is 2.26. The third-order valence-corrected chi connectivity index (χ3v) is 3.84. The molecule has 6 nitrogen and oxygen atoms in total. The standard InChI is InChI=1S/C16H14Cl2N2O4/c1-24-16-12(18)6-9(8-19-16)15(23)20-13(7-14(21)22)10-4-2-3-5-11(10)17/h2-6,8,13H,7H2,1H3,(H,20,23)(H,21,22). The molecule has 0 fully saturated rings. The van der Waals surface area contributed by atoms with Gasteiger partial charge in [-0.1, -0.05) is 41.4 Å². The second kappa shape index (κ2) is 7.99. The molecule has 2 aromatic rings. The molecule has 126 valence electrons. The van der Waals surface area contributed by atoms with Gasteiger partial charge in [-0.05, 0) is 17.7 Å². The Kier molecular flexibility index (Phi) is 6.00. The Morgan fingerprint density at radius 2 is 2.00 bits per heavy atom. The first kappa shape index (κ1) is 18.0. The van der Waals surface area contributed by atoms with E-state index in [9.17, 15) is 9.59 Å². The molecule has 0 bridgehead atoms. The molecule has 2 rings (SSSR count). The van der Waals surface area contributed by atoms with Crippen LogP contribution < -0.4 is 10.1 Å². The van der Waals surface area contributed by atoms with E-state index in [4.69, 9.17) is 33.0 Å². The van der Waals surface area contributed by atoms with E-state index in [0.717, 1.165) is 0 Å². The lowest BCUT2D eigenvalue weighted by molar-refractivity contribution is -0.137. The number of aromatic nitrogens is 1. The van der Waals surface area contributed by atoms with Gasteiger partial charge in [-0.15, -0.1) is 0 Å². The van der Waals surface area contributed by atoms with E-state index in [-0.39, 0.29) is 22.9 Å². The molecular formula is C16H14Cl2N2O4. The van der Waals surface area contributed by atoms with Crippen molar-refractivity contribution in [2.24, 2.45) is 0 Å². The van der Waals surface area contributed by atoms with Gasteiger partial charge in [-0.3, -0.25) is 9.59 Å². The molecule has 2 N–H and O–H groups in total. The first-order valence-electron chi connectivity index (χ1n) is 6.89. The first-order valence-corrected chi connectivity index (χ1v) is 7.64. The molecule has 8 heteroatoms. The smallest absolute Gasteiger partial charge is 0.305 e. The second-order valence-corrected chi connectivity index (χ2v) is 5.67. The number of carboxylic acid groups (broad SMARTS) is 1. The lowest BCUT2D eigenvalue weighted by atomic mass is 10.0. The molecule has 1 heterocycles. The van der Waals surface area contributed by atoms with Crippen molar-refractivity contribution in [3.05, 3.63) is 57.7 Å². The normalized spacial score (nSPS) is 11.6. The average molecular weight is 369 g/mol. The number of carboxylic acids is 1. The SMILES string of the molecule is COc1ncc(C(=O)NC(CC(=O)O)c2ccccc2Cl)cc1Cl. The number of ether oxygens (including phenoxy) is 1. The third-order valence-electron chi connectivity index (χ3n) is 3.23. The van der Waals surface area contributed by atoms with Gasteiger partial charge in [0.25, 0.3) is 5.91 Å². The molecule has 0 aliphatic heterocycles. The minimum absolute atomic E-state index is 0.178. The molecule has 1 atom stereocenters. The predicted molar refractivity (Wildman–Crippen MR) is 89.7 cm³/mol. The molecule has 0 saturated carbocycles. The average Bonchev–Trinajstić information content (AvgIpc) is 2.54. The van der Waals surface area contributed by atoms with Crippen molar-refractivity contribution < 1.29 is 19.4 Å². The monoisotopic (exact) mass is 368 g/mol. The zero-order chi connectivity index (χ0) is 17.7. The van der Waals surface area contributed by atoms with Crippen molar-refractivity contribution in [3.63, 3.8) is 0 Å². The topological polar surface area (TPSA) is 88.5 Å². The highest BCUT2D eigenvalue weighted by molar-refractivity contribution is 6.32. The molecule has 1 aromatic carbocycles. The lowest BCUT2D eigenvalue weighted by Gasteiger charge is -2.18. The Labute approximate surface area is 148 Å². The number of carbonyl (C=O) groups is 2. The van der Waals surface area contributed by atoms with E-state index in [0.29, 0.717) is 10.6 Å². The quantitative estimate of drug-likeness (QED) is 0.815. The molecule has 24 heavy (non-hydrogen) atoms. The number of nitrogens with zero attached hydrogens (tertiary/aromatic N) is 1. The van der Waals surface area contributed by atoms with E-state index in [1.54, 1.807) is 24.3 Å². The van der Waals surface area contributed by atoms with Crippen molar-refractivity contribution in [2.75, 3.05) is 7.11 Å². The maximum Gasteiger partial charge on any atom is 0.305 e. The number of methoxy groups -OCH3 is 1. The predicted octanol–water partition coefficient (Wildman–Crippen LogP) is 3.34. The fourth-order valence-electron chi connectivity index (χ4n) is 2.11. The van der Waals surface area contributed by atoms with Crippen LogP contribution in [-0.4, -0.2) is 29.1 Å². The molecule has 0 aliphatic carbocycles. The Bertz CT molecular complexity index is 767. The van der Waals surface area contributed by atoms with Gasteiger partial charge in [0.15, 0.2) is 0 Å². The zero-order valence-electron chi connectivity index (χ0n) is 12.6. The van der Waals surface area contributed by atoms with Crippen LogP contribution in [0.15, 0.2) is 36.5 Å². The van der Waals surface area contributed by atoms with Crippen molar-refractivity contribution >= 4 is 35.1 Å². The molecule has 1 amide bonds. The summed E-state index contributed by atoms with van der Waals surface area (Å²) in [5.74, 6) is -1.38. The van der Waals surface area contributed by atoms with Crippen LogP contribution >= 0.6 is 23.2 Å². The summed E-state index contributed by atoms with van der Waals surface area (Å²) in [6.45, 7) is 0. The maximum absolute atomic E-state index is 12.4. The van der Waals surface area contributed by atoms with Crippen LogP contribution in [0.3, 0.4) is 0 Å². The zero-order valence-corrected chi connectivity index (χ0v) is 14.1. The number of pyridine rings is 1. The fraction of sp³-hybridized carbons (Fsp3) is 0.188. The highest BCUT2D eigenvalue weighted by Gasteiger charge is 2.21. The van der Waals surface area contributed by atoms with Crippen LogP contribution in [-0.2, 0) is 4.79 Å². The van der Waals surface area contributed by atoms with E-state index >= 15 is 0 Å². The van der Waals surface area contributed by atoms with Crippen LogP contribution in [0.5, 0.6) is 5.88 Å². The number of amides is 1. The van der Waals surface area contributed by atoms with E-state index in [2.05, 4.69) is 10.3 Å². The summed E-state index contributed by atoms with van der Waals surface area (Å²) in [7, 11) is 1.41. The molecule has 0 radical (unpaired) electrons. The second-order valence-electron chi connectivity index (χ2n) is 4.86. The van der Waals surface area contributed by atoms with E-state index < -0.39 is 17.9 Å². The lowest BCUT2D eigenvalue weighted by Crippen LogP contribution is -2.30. The van der Waals surface area contributed by atoms with E-state index in [1.807, 2.05) is 0 Å².